The summed E-state index contributed by atoms with van der Waals surface area (Å²) in [7, 11) is 0. The number of fused-ring (bicyclic) bond motifs is 3. The van der Waals surface area contributed by atoms with Gasteiger partial charge >= 0.3 is 0 Å². The minimum atomic E-state index is 0.309. The molecule has 1 nitrogen and oxygen atoms in total. The molecule has 78 valence electrons. The second kappa shape index (κ2) is 3.49. The molecule has 2 heteroatoms. The van der Waals surface area contributed by atoms with Gasteiger partial charge in [0.2, 0.25) is 0 Å². The molecule has 0 aliphatic carbocycles. The zero-order valence-corrected chi connectivity index (χ0v) is 10.0. The van der Waals surface area contributed by atoms with Crippen LogP contribution in [0.25, 0.3) is 21.5 Å². The molecule has 0 aliphatic heterocycles. The molecule has 0 atom stereocenters. The van der Waals surface area contributed by atoms with E-state index in [1.165, 1.54) is 16.2 Å². The van der Waals surface area contributed by atoms with Crippen molar-refractivity contribution in [3.63, 3.8) is 0 Å². The highest BCUT2D eigenvalue weighted by atomic mass is 79.9. The maximum absolute atomic E-state index is 9.44. The maximum Gasteiger partial charge on any atom is 0.116 e. The fourth-order valence-electron chi connectivity index (χ4n) is 2.03. The Kier molecular flexibility index (Phi) is 2.11. The first-order valence-corrected chi connectivity index (χ1v) is 5.84. The Morgan fingerprint density at radius 3 is 2.12 bits per heavy atom. The van der Waals surface area contributed by atoms with Crippen molar-refractivity contribution in [2.75, 3.05) is 0 Å². The summed E-state index contributed by atoms with van der Waals surface area (Å²) in [4.78, 5) is 0. The SMILES string of the molecule is Oc1ccc2c(ccc3cc(Br)ccc32)c1. The lowest BCUT2D eigenvalue weighted by Gasteiger charge is -2.04. The minimum Gasteiger partial charge on any atom is -0.508 e. The predicted molar refractivity (Wildman–Crippen MR) is 70.8 cm³/mol. The van der Waals surface area contributed by atoms with E-state index in [2.05, 4.69) is 34.1 Å². The van der Waals surface area contributed by atoms with Crippen LogP contribution in [0.1, 0.15) is 0 Å². The quantitative estimate of drug-likeness (QED) is 0.599. The molecule has 0 bridgehead atoms. The van der Waals surface area contributed by atoms with Crippen molar-refractivity contribution in [2.24, 2.45) is 0 Å². The monoisotopic (exact) mass is 272 g/mol. The highest BCUT2D eigenvalue weighted by Gasteiger charge is 2.01. The highest BCUT2D eigenvalue weighted by molar-refractivity contribution is 9.10. The topological polar surface area (TPSA) is 20.2 Å². The molecule has 0 saturated carbocycles. The molecule has 0 heterocycles. The second-order valence-electron chi connectivity index (χ2n) is 3.84. The van der Waals surface area contributed by atoms with Crippen LogP contribution in [0, 0.1) is 0 Å². The molecule has 0 spiro atoms. The van der Waals surface area contributed by atoms with Gasteiger partial charge in [0.15, 0.2) is 0 Å². The molecular weight excluding hydrogens is 264 g/mol. The zero-order valence-electron chi connectivity index (χ0n) is 8.44. The Hall–Kier alpha value is -1.54. The van der Waals surface area contributed by atoms with Gasteiger partial charge < -0.3 is 5.11 Å². The van der Waals surface area contributed by atoms with E-state index in [4.69, 9.17) is 0 Å². The van der Waals surface area contributed by atoms with Crippen LogP contribution in [0.3, 0.4) is 0 Å². The van der Waals surface area contributed by atoms with Gasteiger partial charge in [0, 0.05) is 4.47 Å². The van der Waals surface area contributed by atoms with Crippen molar-refractivity contribution in [2.45, 2.75) is 0 Å². The molecule has 0 radical (unpaired) electrons. The molecule has 3 aromatic rings. The van der Waals surface area contributed by atoms with Gasteiger partial charge in [-0.1, -0.05) is 40.2 Å². The standard InChI is InChI=1S/C14H9BrO/c15-11-3-5-13-9(7-11)1-2-10-8-12(16)4-6-14(10)13/h1-8,16H. The number of hydrogen-bond acceptors (Lipinski definition) is 1. The smallest absolute Gasteiger partial charge is 0.116 e. The lowest BCUT2D eigenvalue weighted by atomic mass is 10.0. The summed E-state index contributed by atoms with van der Waals surface area (Å²) in [5.74, 6) is 0.309. The fourth-order valence-corrected chi connectivity index (χ4v) is 2.41. The summed E-state index contributed by atoms with van der Waals surface area (Å²) in [6.07, 6.45) is 0. The van der Waals surface area contributed by atoms with Crippen LogP contribution in [-0.2, 0) is 0 Å². The van der Waals surface area contributed by atoms with Gasteiger partial charge in [-0.3, -0.25) is 0 Å². The van der Waals surface area contributed by atoms with E-state index in [1.54, 1.807) is 12.1 Å². The van der Waals surface area contributed by atoms with Crippen LogP contribution in [0.4, 0.5) is 0 Å². The predicted octanol–water partition coefficient (Wildman–Crippen LogP) is 4.46. The third-order valence-corrected chi connectivity index (χ3v) is 3.27. The van der Waals surface area contributed by atoms with Crippen LogP contribution in [0.5, 0.6) is 5.75 Å². The van der Waals surface area contributed by atoms with E-state index in [1.807, 2.05) is 18.2 Å². The van der Waals surface area contributed by atoms with E-state index in [0.29, 0.717) is 5.75 Å². The first-order valence-electron chi connectivity index (χ1n) is 5.05. The van der Waals surface area contributed by atoms with Gasteiger partial charge in [-0.15, -0.1) is 0 Å². The van der Waals surface area contributed by atoms with Crippen molar-refractivity contribution in [3.05, 3.63) is 53.0 Å². The second-order valence-corrected chi connectivity index (χ2v) is 4.75. The normalized spacial score (nSPS) is 11.1. The van der Waals surface area contributed by atoms with Gasteiger partial charge in [-0.2, -0.15) is 0 Å². The van der Waals surface area contributed by atoms with E-state index >= 15 is 0 Å². The molecular formula is C14H9BrO. The Labute approximate surface area is 101 Å². The van der Waals surface area contributed by atoms with Crippen LogP contribution >= 0.6 is 15.9 Å². The number of phenols is 1. The summed E-state index contributed by atoms with van der Waals surface area (Å²) in [5, 5.41) is 14.1. The molecule has 0 saturated heterocycles. The van der Waals surface area contributed by atoms with Crippen LogP contribution in [0.15, 0.2) is 53.0 Å². The number of rotatable bonds is 0. The highest BCUT2D eigenvalue weighted by Crippen LogP contribution is 2.29. The van der Waals surface area contributed by atoms with Crippen molar-refractivity contribution in [1.82, 2.24) is 0 Å². The largest absolute Gasteiger partial charge is 0.508 e. The first-order chi connectivity index (χ1) is 7.74. The van der Waals surface area contributed by atoms with E-state index in [-0.39, 0.29) is 0 Å². The first kappa shape index (κ1) is 9.67. The van der Waals surface area contributed by atoms with Gasteiger partial charge in [0.1, 0.15) is 5.75 Å². The number of benzene rings is 3. The van der Waals surface area contributed by atoms with Crippen LogP contribution in [0.2, 0.25) is 0 Å². The Morgan fingerprint density at radius 2 is 1.38 bits per heavy atom. The van der Waals surface area contributed by atoms with Crippen molar-refractivity contribution in [3.8, 4) is 5.75 Å². The molecule has 0 amide bonds. The molecule has 16 heavy (non-hydrogen) atoms. The average molecular weight is 273 g/mol. The molecule has 0 fully saturated rings. The molecule has 3 aromatic carbocycles. The Morgan fingerprint density at radius 1 is 0.750 bits per heavy atom. The van der Waals surface area contributed by atoms with Gasteiger partial charge in [0.05, 0.1) is 0 Å². The number of phenolic OH excluding ortho intramolecular Hbond substituents is 1. The Bertz CT molecular complexity index is 628. The molecule has 3 rings (SSSR count). The molecule has 0 aromatic heterocycles. The van der Waals surface area contributed by atoms with Crippen molar-refractivity contribution in [1.29, 1.82) is 0 Å². The van der Waals surface area contributed by atoms with Gasteiger partial charge in [-0.05, 0) is 45.8 Å². The summed E-state index contributed by atoms with van der Waals surface area (Å²) in [6, 6.07) is 15.8. The lowest BCUT2D eigenvalue weighted by Crippen LogP contribution is -1.77. The van der Waals surface area contributed by atoms with Gasteiger partial charge in [-0.25, -0.2) is 0 Å². The summed E-state index contributed by atoms with van der Waals surface area (Å²) in [5.41, 5.74) is 0. The number of hydrogen-bond donors (Lipinski definition) is 1. The third kappa shape index (κ3) is 1.46. The Balaban J connectivity index is 2.50. The minimum absolute atomic E-state index is 0.309. The van der Waals surface area contributed by atoms with Crippen molar-refractivity contribution >= 4 is 37.5 Å². The molecule has 0 aliphatic rings. The van der Waals surface area contributed by atoms with Crippen LogP contribution in [-0.4, -0.2) is 5.11 Å². The molecule has 1 N–H and O–H groups in total. The lowest BCUT2D eigenvalue weighted by molar-refractivity contribution is 0.476. The van der Waals surface area contributed by atoms with E-state index < -0.39 is 0 Å². The third-order valence-electron chi connectivity index (χ3n) is 2.78. The summed E-state index contributed by atoms with van der Waals surface area (Å²) < 4.78 is 1.08. The maximum atomic E-state index is 9.44. The summed E-state index contributed by atoms with van der Waals surface area (Å²) >= 11 is 3.47. The fraction of sp³-hybridized carbons (Fsp3) is 0. The van der Waals surface area contributed by atoms with Crippen LogP contribution < -0.4 is 0 Å². The number of aromatic hydroxyl groups is 1. The van der Waals surface area contributed by atoms with Crippen molar-refractivity contribution < 1.29 is 5.11 Å². The van der Waals surface area contributed by atoms with E-state index in [0.717, 1.165) is 9.86 Å². The number of halogens is 1. The molecule has 0 unspecified atom stereocenters. The average Bonchev–Trinajstić information content (AvgIpc) is 2.28. The zero-order chi connectivity index (χ0) is 11.1. The summed E-state index contributed by atoms with van der Waals surface area (Å²) in [6.45, 7) is 0. The van der Waals surface area contributed by atoms with E-state index in [9.17, 15) is 5.11 Å². The van der Waals surface area contributed by atoms with Gasteiger partial charge in [0.25, 0.3) is 0 Å².